The molecule has 0 saturated carbocycles. The van der Waals surface area contributed by atoms with Crippen molar-refractivity contribution in [3.8, 4) is 0 Å². The van der Waals surface area contributed by atoms with Crippen LogP contribution in [0.4, 0.5) is 0 Å². The first-order chi connectivity index (χ1) is 15.5. The van der Waals surface area contributed by atoms with Gasteiger partial charge >= 0.3 is 0 Å². The molecule has 1 aromatic carbocycles. The van der Waals surface area contributed by atoms with E-state index in [1.165, 1.54) is 17.5 Å². The smallest absolute Gasteiger partial charge is 0.270 e. The molecular formula is C25H35N5O2. The molecule has 7 nitrogen and oxygen atoms in total. The SMILES string of the molecule is CC(C)CN1CC(Cc2cc(C(=O)NC[C@H](O)CN3CCc4ccccc4C3)ncn2)C1. The number of amides is 1. The number of fused-ring (bicyclic) bond motifs is 1. The van der Waals surface area contributed by atoms with Gasteiger partial charge in [-0.3, -0.25) is 9.69 Å². The summed E-state index contributed by atoms with van der Waals surface area (Å²) in [7, 11) is 0. The van der Waals surface area contributed by atoms with Crippen LogP contribution >= 0.6 is 0 Å². The summed E-state index contributed by atoms with van der Waals surface area (Å²) in [6.07, 6.45) is 2.72. The first kappa shape index (κ1) is 22.8. The standard InChI is InChI=1S/C25H35N5O2/c1-18(2)12-30-13-19(14-30)9-22-10-24(28-17-27-22)25(32)26-11-23(31)16-29-8-7-20-5-3-4-6-21(20)15-29/h3-6,10,17-19,23,31H,7-9,11-16H2,1-2H3,(H,26,32)/t23-/m0/s1. The van der Waals surface area contributed by atoms with Crippen molar-refractivity contribution in [3.63, 3.8) is 0 Å². The summed E-state index contributed by atoms with van der Waals surface area (Å²) in [4.78, 5) is 25.8. The van der Waals surface area contributed by atoms with Crippen molar-refractivity contribution >= 4 is 5.91 Å². The Hall–Kier alpha value is -2.35. The van der Waals surface area contributed by atoms with Gasteiger partial charge in [-0.1, -0.05) is 38.1 Å². The molecule has 2 aliphatic rings. The van der Waals surface area contributed by atoms with Gasteiger partial charge in [0.15, 0.2) is 0 Å². The van der Waals surface area contributed by atoms with Crippen molar-refractivity contribution in [1.29, 1.82) is 0 Å². The molecule has 3 heterocycles. The van der Waals surface area contributed by atoms with E-state index < -0.39 is 6.10 Å². The second-order valence-corrected chi connectivity index (χ2v) is 9.69. The number of nitrogens with one attached hydrogen (secondary N) is 1. The van der Waals surface area contributed by atoms with E-state index in [0.717, 1.165) is 51.3 Å². The lowest BCUT2D eigenvalue weighted by molar-refractivity contribution is 0.0835. The number of hydrogen-bond acceptors (Lipinski definition) is 6. The Morgan fingerprint density at radius 2 is 1.94 bits per heavy atom. The Kier molecular flexibility index (Phi) is 7.50. The highest BCUT2D eigenvalue weighted by Crippen LogP contribution is 2.21. The van der Waals surface area contributed by atoms with Crippen LogP contribution in [0.15, 0.2) is 36.7 Å². The molecule has 1 fully saturated rings. The number of aliphatic hydroxyl groups is 1. The molecule has 0 bridgehead atoms. The van der Waals surface area contributed by atoms with Crippen LogP contribution in [0.5, 0.6) is 0 Å². The molecule has 4 rings (SSSR count). The number of β-amino-alcohol motifs (C(OH)–C–C–N with tert-alkyl or cyclic N) is 1. The zero-order chi connectivity index (χ0) is 22.5. The van der Waals surface area contributed by atoms with Gasteiger partial charge in [0.2, 0.25) is 0 Å². The molecule has 172 valence electrons. The van der Waals surface area contributed by atoms with Gasteiger partial charge in [-0.05, 0) is 41.9 Å². The molecule has 7 heteroatoms. The second kappa shape index (κ2) is 10.5. The van der Waals surface area contributed by atoms with Crippen LogP contribution in [0.25, 0.3) is 0 Å². The minimum atomic E-state index is -0.618. The number of aromatic nitrogens is 2. The van der Waals surface area contributed by atoms with Crippen molar-refractivity contribution in [3.05, 3.63) is 59.2 Å². The fourth-order valence-corrected chi connectivity index (χ4v) is 4.77. The summed E-state index contributed by atoms with van der Waals surface area (Å²) >= 11 is 0. The largest absolute Gasteiger partial charge is 0.390 e. The van der Waals surface area contributed by atoms with Crippen molar-refractivity contribution in [2.45, 2.75) is 39.3 Å². The molecule has 1 amide bonds. The van der Waals surface area contributed by atoms with Gasteiger partial charge < -0.3 is 15.3 Å². The lowest BCUT2D eigenvalue weighted by Gasteiger charge is -2.40. The van der Waals surface area contributed by atoms with Gasteiger partial charge in [-0.25, -0.2) is 9.97 Å². The summed E-state index contributed by atoms with van der Waals surface area (Å²) in [6, 6.07) is 10.2. The lowest BCUT2D eigenvalue weighted by atomic mass is 9.93. The number of benzene rings is 1. The average molecular weight is 438 g/mol. The van der Waals surface area contributed by atoms with Crippen molar-refractivity contribution in [2.75, 3.05) is 39.3 Å². The molecule has 32 heavy (non-hydrogen) atoms. The monoisotopic (exact) mass is 437 g/mol. The number of carbonyl (C=O) groups excluding carboxylic acids is 1. The zero-order valence-electron chi connectivity index (χ0n) is 19.2. The molecule has 1 aromatic heterocycles. The molecule has 2 aliphatic heterocycles. The van der Waals surface area contributed by atoms with Crippen molar-refractivity contribution < 1.29 is 9.90 Å². The van der Waals surface area contributed by atoms with Gasteiger partial charge in [-0.2, -0.15) is 0 Å². The maximum Gasteiger partial charge on any atom is 0.270 e. The van der Waals surface area contributed by atoms with Crippen LogP contribution in [0.3, 0.4) is 0 Å². The molecule has 0 unspecified atom stereocenters. The molecule has 0 radical (unpaired) electrons. The summed E-state index contributed by atoms with van der Waals surface area (Å²) in [5.41, 5.74) is 3.99. The van der Waals surface area contributed by atoms with Gasteiger partial charge in [0, 0.05) is 51.5 Å². The normalized spacial score (nSPS) is 18.2. The maximum atomic E-state index is 12.6. The third-order valence-electron chi connectivity index (χ3n) is 6.29. The molecule has 2 N–H and O–H groups in total. The van der Waals surface area contributed by atoms with E-state index in [9.17, 15) is 9.90 Å². The van der Waals surface area contributed by atoms with Crippen LogP contribution in [0.1, 0.15) is 41.2 Å². The van der Waals surface area contributed by atoms with E-state index in [0.29, 0.717) is 24.1 Å². The van der Waals surface area contributed by atoms with Crippen molar-refractivity contribution in [1.82, 2.24) is 25.1 Å². The topological polar surface area (TPSA) is 81.6 Å². The van der Waals surface area contributed by atoms with Gasteiger partial charge in [0.1, 0.15) is 12.0 Å². The van der Waals surface area contributed by atoms with Crippen LogP contribution in [-0.2, 0) is 19.4 Å². The lowest BCUT2D eigenvalue weighted by Crippen LogP contribution is -2.49. The average Bonchev–Trinajstić information content (AvgIpc) is 2.76. The number of likely N-dealkylation sites (tertiary alicyclic amines) is 1. The first-order valence-corrected chi connectivity index (χ1v) is 11.7. The highest BCUT2D eigenvalue weighted by atomic mass is 16.3. The zero-order valence-corrected chi connectivity index (χ0v) is 19.2. The highest BCUT2D eigenvalue weighted by molar-refractivity contribution is 5.92. The third kappa shape index (κ3) is 6.12. The summed E-state index contributed by atoms with van der Waals surface area (Å²) in [6.45, 7) is 10.3. The van der Waals surface area contributed by atoms with Crippen molar-refractivity contribution in [2.24, 2.45) is 11.8 Å². The summed E-state index contributed by atoms with van der Waals surface area (Å²) in [5.74, 6) is 1.02. The van der Waals surface area contributed by atoms with E-state index in [1.54, 1.807) is 6.07 Å². The molecular weight excluding hydrogens is 402 g/mol. The number of rotatable bonds is 9. The minimum Gasteiger partial charge on any atom is -0.390 e. The minimum absolute atomic E-state index is 0.211. The Morgan fingerprint density at radius 1 is 1.16 bits per heavy atom. The quantitative estimate of drug-likeness (QED) is 0.622. The van der Waals surface area contributed by atoms with Gasteiger partial charge in [0.05, 0.1) is 6.10 Å². The van der Waals surface area contributed by atoms with Gasteiger partial charge in [-0.15, -0.1) is 0 Å². The molecule has 2 aromatic rings. The Balaban J connectivity index is 1.21. The number of carbonyl (C=O) groups is 1. The maximum absolute atomic E-state index is 12.6. The summed E-state index contributed by atoms with van der Waals surface area (Å²) < 4.78 is 0. The summed E-state index contributed by atoms with van der Waals surface area (Å²) in [5, 5.41) is 13.3. The van der Waals surface area contributed by atoms with Crippen LogP contribution in [0.2, 0.25) is 0 Å². The highest BCUT2D eigenvalue weighted by Gasteiger charge is 2.27. The van der Waals surface area contributed by atoms with E-state index in [-0.39, 0.29) is 12.5 Å². The first-order valence-electron chi connectivity index (χ1n) is 11.7. The van der Waals surface area contributed by atoms with Crippen LogP contribution < -0.4 is 5.32 Å². The van der Waals surface area contributed by atoms with Crippen LogP contribution in [0, 0.1) is 11.8 Å². The molecule has 1 saturated heterocycles. The van der Waals surface area contributed by atoms with E-state index in [2.05, 4.69) is 63.2 Å². The Bertz CT molecular complexity index is 913. The Morgan fingerprint density at radius 3 is 2.72 bits per heavy atom. The van der Waals surface area contributed by atoms with Gasteiger partial charge in [0.25, 0.3) is 5.91 Å². The predicted octanol–water partition coefficient (Wildman–Crippen LogP) is 1.76. The third-order valence-corrected chi connectivity index (χ3v) is 6.29. The van der Waals surface area contributed by atoms with E-state index >= 15 is 0 Å². The molecule has 1 atom stereocenters. The predicted molar refractivity (Wildman–Crippen MR) is 124 cm³/mol. The van der Waals surface area contributed by atoms with E-state index in [4.69, 9.17) is 0 Å². The Labute approximate surface area is 190 Å². The number of nitrogens with zero attached hydrogens (tertiary/aromatic N) is 4. The van der Waals surface area contributed by atoms with Crippen LogP contribution in [-0.4, -0.2) is 76.2 Å². The number of aliphatic hydroxyl groups excluding tert-OH is 1. The number of hydrogen-bond donors (Lipinski definition) is 2. The second-order valence-electron chi connectivity index (χ2n) is 9.69. The van der Waals surface area contributed by atoms with E-state index in [1.807, 2.05) is 0 Å². The molecule has 0 spiro atoms. The fourth-order valence-electron chi connectivity index (χ4n) is 4.77. The molecule has 0 aliphatic carbocycles. The fraction of sp³-hybridized carbons (Fsp3) is 0.560.